The van der Waals surface area contributed by atoms with Crippen LogP contribution in [-0.4, -0.2) is 44.8 Å². The zero-order valence-corrected chi connectivity index (χ0v) is 14.6. The molecule has 0 unspecified atom stereocenters. The van der Waals surface area contributed by atoms with Crippen LogP contribution in [0.15, 0.2) is 24.3 Å². The van der Waals surface area contributed by atoms with Crippen molar-refractivity contribution in [2.45, 2.75) is 44.1 Å². The van der Waals surface area contributed by atoms with Crippen molar-refractivity contribution in [1.82, 2.24) is 5.32 Å². The maximum atomic E-state index is 12.8. The summed E-state index contributed by atoms with van der Waals surface area (Å²) in [4.78, 5) is 15.2. The molecule has 0 aliphatic carbocycles. The largest absolute Gasteiger partial charge is 0.371 e. The predicted octanol–water partition coefficient (Wildman–Crippen LogP) is 2.77. The molecule has 2 heterocycles. The maximum absolute atomic E-state index is 12.8. The van der Waals surface area contributed by atoms with Gasteiger partial charge in [0.2, 0.25) is 0 Å². The standard InChI is InChI=1S/C19H29N3O2/c1-24-19(9-11-20-12-10-19)18(23)21-16-7-6-8-17(15-16)22-13-4-2-3-5-14-22/h6-8,15,20H,2-5,9-14H2,1H3,(H,21,23). The Morgan fingerprint density at radius 1 is 1.17 bits per heavy atom. The van der Waals surface area contributed by atoms with Gasteiger partial charge >= 0.3 is 0 Å². The molecule has 2 saturated heterocycles. The number of methoxy groups -OCH3 is 1. The molecule has 1 aromatic carbocycles. The number of piperidine rings is 1. The molecule has 2 N–H and O–H groups in total. The zero-order valence-electron chi connectivity index (χ0n) is 14.6. The minimum atomic E-state index is -0.705. The third-order valence-electron chi connectivity index (χ3n) is 5.29. The van der Waals surface area contributed by atoms with E-state index in [0.29, 0.717) is 12.8 Å². The highest BCUT2D eigenvalue weighted by Gasteiger charge is 2.39. The summed E-state index contributed by atoms with van der Waals surface area (Å²) in [6, 6.07) is 8.21. The molecule has 5 nitrogen and oxygen atoms in total. The highest BCUT2D eigenvalue weighted by atomic mass is 16.5. The summed E-state index contributed by atoms with van der Waals surface area (Å²) in [6.07, 6.45) is 6.55. The second-order valence-electron chi connectivity index (χ2n) is 6.85. The molecular weight excluding hydrogens is 302 g/mol. The van der Waals surface area contributed by atoms with Crippen LogP contribution in [0.2, 0.25) is 0 Å². The third kappa shape index (κ3) is 3.90. The van der Waals surface area contributed by atoms with E-state index >= 15 is 0 Å². The molecule has 1 aromatic rings. The monoisotopic (exact) mass is 331 g/mol. The number of ether oxygens (including phenoxy) is 1. The van der Waals surface area contributed by atoms with E-state index in [2.05, 4.69) is 27.7 Å². The van der Waals surface area contributed by atoms with Crippen LogP contribution in [0.25, 0.3) is 0 Å². The number of carbonyl (C=O) groups excluding carboxylic acids is 1. The molecular formula is C19H29N3O2. The highest BCUT2D eigenvalue weighted by molar-refractivity contribution is 5.97. The zero-order chi connectivity index (χ0) is 16.8. The second-order valence-corrected chi connectivity index (χ2v) is 6.85. The summed E-state index contributed by atoms with van der Waals surface area (Å²) in [5.74, 6) is -0.0282. The van der Waals surface area contributed by atoms with Crippen LogP contribution in [0.5, 0.6) is 0 Å². The van der Waals surface area contributed by atoms with Gasteiger partial charge in [0.05, 0.1) is 0 Å². The van der Waals surface area contributed by atoms with Crippen LogP contribution in [0.4, 0.5) is 11.4 Å². The predicted molar refractivity (Wildman–Crippen MR) is 97.6 cm³/mol. The van der Waals surface area contributed by atoms with Crippen LogP contribution in [-0.2, 0) is 9.53 Å². The summed E-state index contributed by atoms with van der Waals surface area (Å²) < 4.78 is 5.61. The molecule has 24 heavy (non-hydrogen) atoms. The summed E-state index contributed by atoms with van der Waals surface area (Å²) in [5, 5.41) is 6.36. The maximum Gasteiger partial charge on any atom is 0.256 e. The molecule has 0 radical (unpaired) electrons. The van der Waals surface area contributed by atoms with Gasteiger partial charge in [0, 0.05) is 31.6 Å². The van der Waals surface area contributed by atoms with Crippen molar-refractivity contribution >= 4 is 17.3 Å². The van der Waals surface area contributed by atoms with Gasteiger partial charge in [-0.3, -0.25) is 4.79 Å². The molecule has 0 spiro atoms. The van der Waals surface area contributed by atoms with Gasteiger partial charge in [0.15, 0.2) is 0 Å². The smallest absolute Gasteiger partial charge is 0.256 e. The minimum Gasteiger partial charge on any atom is -0.371 e. The van der Waals surface area contributed by atoms with Crippen molar-refractivity contribution in [1.29, 1.82) is 0 Å². The van der Waals surface area contributed by atoms with E-state index in [1.165, 1.54) is 31.4 Å². The number of carbonyl (C=O) groups is 1. The molecule has 1 amide bonds. The van der Waals surface area contributed by atoms with E-state index in [-0.39, 0.29) is 5.91 Å². The van der Waals surface area contributed by atoms with Crippen LogP contribution >= 0.6 is 0 Å². The summed E-state index contributed by atoms with van der Waals surface area (Å²) in [7, 11) is 1.64. The number of amides is 1. The van der Waals surface area contributed by atoms with Crippen LogP contribution in [0.3, 0.4) is 0 Å². The third-order valence-corrected chi connectivity index (χ3v) is 5.29. The Kier molecular flexibility index (Phi) is 5.74. The molecule has 0 bridgehead atoms. The first-order chi connectivity index (χ1) is 11.7. The van der Waals surface area contributed by atoms with Gasteiger partial charge in [0.1, 0.15) is 5.60 Å². The molecule has 2 aliphatic heterocycles. The lowest BCUT2D eigenvalue weighted by molar-refractivity contribution is -0.140. The van der Waals surface area contributed by atoms with Gasteiger partial charge in [-0.2, -0.15) is 0 Å². The van der Waals surface area contributed by atoms with E-state index in [4.69, 9.17) is 4.74 Å². The molecule has 5 heteroatoms. The SMILES string of the molecule is COC1(C(=O)Nc2cccc(N3CCCCCC3)c2)CCNCC1. The molecule has 0 atom stereocenters. The van der Waals surface area contributed by atoms with Gasteiger partial charge < -0.3 is 20.3 Å². The molecule has 0 aromatic heterocycles. The quantitative estimate of drug-likeness (QED) is 0.891. The van der Waals surface area contributed by atoms with E-state index in [0.717, 1.165) is 31.9 Å². The van der Waals surface area contributed by atoms with Gasteiger partial charge in [-0.1, -0.05) is 18.9 Å². The molecule has 0 saturated carbocycles. The van der Waals surface area contributed by atoms with Crippen molar-refractivity contribution in [3.05, 3.63) is 24.3 Å². The summed E-state index contributed by atoms with van der Waals surface area (Å²) >= 11 is 0. The van der Waals surface area contributed by atoms with Gasteiger partial charge in [0.25, 0.3) is 5.91 Å². The van der Waals surface area contributed by atoms with Crippen LogP contribution in [0.1, 0.15) is 38.5 Å². The van der Waals surface area contributed by atoms with Crippen LogP contribution in [0, 0.1) is 0 Å². The van der Waals surface area contributed by atoms with Crippen molar-refractivity contribution in [2.24, 2.45) is 0 Å². The Bertz CT molecular complexity index is 547. The lowest BCUT2D eigenvalue weighted by atomic mass is 9.91. The highest BCUT2D eigenvalue weighted by Crippen LogP contribution is 2.27. The summed E-state index contributed by atoms with van der Waals surface area (Å²) in [5.41, 5.74) is 1.35. The Labute approximate surface area is 144 Å². The van der Waals surface area contributed by atoms with Gasteiger partial charge in [-0.15, -0.1) is 0 Å². The number of benzene rings is 1. The van der Waals surface area contributed by atoms with Gasteiger partial charge in [-0.05, 0) is 57.0 Å². The lowest BCUT2D eigenvalue weighted by Crippen LogP contribution is -2.51. The van der Waals surface area contributed by atoms with Crippen LogP contribution < -0.4 is 15.5 Å². The second kappa shape index (κ2) is 7.99. The Morgan fingerprint density at radius 2 is 1.88 bits per heavy atom. The fourth-order valence-corrected chi connectivity index (χ4v) is 3.71. The number of hydrogen-bond acceptors (Lipinski definition) is 4. The van der Waals surface area contributed by atoms with E-state index in [1.54, 1.807) is 7.11 Å². The fourth-order valence-electron chi connectivity index (χ4n) is 3.71. The van der Waals surface area contributed by atoms with Crippen molar-refractivity contribution in [3.8, 4) is 0 Å². The normalized spacial score (nSPS) is 21.1. The number of nitrogens with zero attached hydrogens (tertiary/aromatic N) is 1. The Hall–Kier alpha value is -1.59. The first-order valence-corrected chi connectivity index (χ1v) is 9.16. The van der Waals surface area contributed by atoms with Gasteiger partial charge in [-0.25, -0.2) is 0 Å². The number of nitrogens with one attached hydrogen (secondary N) is 2. The Morgan fingerprint density at radius 3 is 2.54 bits per heavy atom. The van der Waals surface area contributed by atoms with Crippen molar-refractivity contribution in [2.75, 3.05) is 43.5 Å². The van der Waals surface area contributed by atoms with Crippen molar-refractivity contribution in [3.63, 3.8) is 0 Å². The molecule has 3 rings (SSSR count). The number of anilines is 2. The minimum absolute atomic E-state index is 0.0282. The topological polar surface area (TPSA) is 53.6 Å². The number of hydrogen-bond donors (Lipinski definition) is 2. The van der Waals surface area contributed by atoms with E-state index < -0.39 is 5.60 Å². The fraction of sp³-hybridized carbons (Fsp3) is 0.632. The van der Waals surface area contributed by atoms with Crippen molar-refractivity contribution < 1.29 is 9.53 Å². The average molecular weight is 331 g/mol. The molecule has 2 fully saturated rings. The molecule has 132 valence electrons. The summed E-state index contributed by atoms with van der Waals surface area (Å²) in [6.45, 7) is 3.83. The first-order valence-electron chi connectivity index (χ1n) is 9.16. The van der Waals surface area contributed by atoms with E-state index in [9.17, 15) is 4.79 Å². The average Bonchev–Trinajstić information content (AvgIpc) is 2.92. The Balaban J connectivity index is 1.70. The lowest BCUT2D eigenvalue weighted by Gasteiger charge is -2.34. The number of rotatable bonds is 4. The van der Waals surface area contributed by atoms with E-state index in [1.807, 2.05) is 12.1 Å². The first kappa shape index (κ1) is 17.2. The molecule has 2 aliphatic rings.